The van der Waals surface area contributed by atoms with Gasteiger partial charge >= 0.3 is 0 Å². The topological polar surface area (TPSA) is 85.2 Å². The largest absolute Gasteiger partial charge is 0.394 e. The van der Waals surface area contributed by atoms with E-state index < -0.39 is 11.7 Å². The molecule has 3 heterocycles. The lowest BCUT2D eigenvalue weighted by Gasteiger charge is -2.44. The molecule has 7 heteroatoms. The lowest BCUT2D eigenvalue weighted by molar-refractivity contribution is -0.0888. The van der Waals surface area contributed by atoms with Gasteiger partial charge in [-0.3, -0.25) is 4.90 Å². The Kier molecular flexibility index (Phi) is 9.72. The summed E-state index contributed by atoms with van der Waals surface area (Å²) in [5.74, 6) is 2.70. The third-order valence-electron chi connectivity index (χ3n) is 11.6. The summed E-state index contributed by atoms with van der Waals surface area (Å²) >= 11 is 6.40. The molecule has 220 valence electrons. The Labute approximate surface area is 236 Å². The molecule has 0 amide bonds. The van der Waals surface area contributed by atoms with Crippen LogP contribution in [0, 0.1) is 35.0 Å². The second-order valence-electron chi connectivity index (χ2n) is 14.4. The van der Waals surface area contributed by atoms with Crippen LogP contribution in [-0.4, -0.2) is 88.8 Å². The number of rotatable bonds is 8. The van der Waals surface area contributed by atoms with E-state index in [-0.39, 0.29) is 17.4 Å². The molecular formula is C31H55ClN2O4. The Morgan fingerprint density at radius 3 is 2.61 bits per heavy atom. The molecule has 6 nitrogen and oxygen atoms in total. The Hall–Kier alpha value is 0.0500. The van der Waals surface area contributed by atoms with E-state index in [1.165, 1.54) is 25.7 Å². The van der Waals surface area contributed by atoms with Crippen LogP contribution in [0.4, 0.5) is 0 Å². The first-order valence-corrected chi connectivity index (χ1v) is 16.4. The second kappa shape index (κ2) is 12.5. The van der Waals surface area contributed by atoms with Crippen molar-refractivity contribution in [1.29, 1.82) is 0 Å². The van der Waals surface area contributed by atoms with E-state index in [9.17, 15) is 15.3 Å². The molecule has 5 fully saturated rings. The monoisotopic (exact) mass is 554 g/mol. The summed E-state index contributed by atoms with van der Waals surface area (Å²) in [7, 11) is 0. The van der Waals surface area contributed by atoms with Gasteiger partial charge in [-0.1, -0.05) is 13.8 Å². The van der Waals surface area contributed by atoms with Crippen molar-refractivity contribution in [2.75, 3.05) is 39.4 Å². The zero-order valence-electron chi connectivity index (χ0n) is 24.0. The quantitative estimate of drug-likeness (QED) is 0.337. The van der Waals surface area contributed by atoms with Gasteiger partial charge in [0.05, 0.1) is 31.0 Å². The van der Waals surface area contributed by atoms with Crippen LogP contribution in [0.15, 0.2) is 0 Å². The highest BCUT2D eigenvalue weighted by molar-refractivity contribution is 6.20. The van der Waals surface area contributed by atoms with Gasteiger partial charge in [-0.25, -0.2) is 0 Å². The number of likely N-dealkylation sites (tertiary alicyclic amines) is 1. The fourth-order valence-corrected chi connectivity index (χ4v) is 9.72. The standard InChI is InChI=1S/C31H55ClN2O4/c1-30(2)19-34(20-31(30,37)22-8-10-23(32)11-9-22)14-4-6-25-26-5-3-13-33-28(26)18-38-29-12-7-21(16-27(25)29)15-24(36)17-35/h21-29,33,35-37H,3-20H2,1-2H3/t21-,22?,23?,24?,25-,26+,27-,28-,29?,31?/m1/s1. The molecule has 8 atom stereocenters. The number of nitrogens with zero attached hydrogens (tertiary/aromatic N) is 1. The number of piperidine rings is 1. The minimum atomic E-state index is -0.617. The van der Waals surface area contributed by atoms with Crippen molar-refractivity contribution in [3.8, 4) is 0 Å². The molecule has 0 aromatic heterocycles. The number of β-amino-alcohol motifs (C(OH)–C–C–N with tert-alkyl or cyclic N) is 1. The molecule has 0 bridgehead atoms. The van der Waals surface area contributed by atoms with Crippen LogP contribution in [0.5, 0.6) is 0 Å². The van der Waals surface area contributed by atoms with E-state index in [1.54, 1.807) is 0 Å². The van der Waals surface area contributed by atoms with Gasteiger partial charge in [0.2, 0.25) is 0 Å². The normalized spacial score (nSPS) is 44.7. The SMILES string of the molecule is CC1(C)CN(CCC[C@@H]2[C@@H]3CCCN[C@@H]3COC3CC[C@H](CC(O)CO)C[C@@H]32)CC1(O)C1CCC(Cl)CC1. The summed E-state index contributed by atoms with van der Waals surface area (Å²) in [4.78, 5) is 2.55. The predicted molar refractivity (Wildman–Crippen MR) is 152 cm³/mol. The van der Waals surface area contributed by atoms with Gasteiger partial charge in [0.15, 0.2) is 0 Å². The lowest BCUT2D eigenvalue weighted by Crippen LogP contribution is -2.51. The molecule has 2 aliphatic carbocycles. The average molecular weight is 555 g/mol. The Balaban J connectivity index is 1.23. The van der Waals surface area contributed by atoms with Crippen molar-refractivity contribution in [2.45, 2.75) is 120 Å². The third kappa shape index (κ3) is 6.27. The number of alkyl halides is 1. The van der Waals surface area contributed by atoms with Crippen molar-refractivity contribution >= 4 is 11.6 Å². The highest BCUT2D eigenvalue weighted by Gasteiger charge is 2.55. The van der Waals surface area contributed by atoms with E-state index in [0.717, 1.165) is 77.7 Å². The molecule has 2 saturated carbocycles. The summed E-state index contributed by atoms with van der Waals surface area (Å²) in [6, 6.07) is 0.466. The van der Waals surface area contributed by atoms with Gasteiger partial charge in [0.1, 0.15) is 0 Å². The fraction of sp³-hybridized carbons (Fsp3) is 1.00. The summed E-state index contributed by atoms with van der Waals surface area (Å²) in [6.07, 6.45) is 12.8. The number of hydrogen-bond donors (Lipinski definition) is 4. The molecule has 3 aliphatic heterocycles. The first kappa shape index (κ1) is 29.5. The Morgan fingerprint density at radius 1 is 1.05 bits per heavy atom. The van der Waals surface area contributed by atoms with Crippen molar-refractivity contribution in [3.63, 3.8) is 0 Å². The van der Waals surface area contributed by atoms with E-state index in [1.807, 2.05) is 0 Å². The highest BCUT2D eigenvalue weighted by atomic mass is 35.5. The van der Waals surface area contributed by atoms with Gasteiger partial charge in [-0.15, -0.1) is 11.6 Å². The molecule has 0 radical (unpaired) electrons. The molecule has 3 unspecified atom stereocenters. The molecule has 0 aromatic carbocycles. The first-order chi connectivity index (χ1) is 18.2. The summed E-state index contributed by atoms with van der Waals surface area (Å²) in [6.45, 7) is 9.18. The number of aliphatic hydroxyl groups is 3. The number of halogens is 1. The van der Waals surface area contributed by atoms with E-state index in [4.69, 9.17) is 16.3 Å². The highest BCUT2D eigenvalue weighted by Crippen LogP contribution is 2.50. The number of fused-ring (bicyclic) bond motifs is 2. The molecule has 4 N–H and O–H groups in total. The smallest absolute Gasteiger partial charge is 0.0864 e. The maximum absolute atomic E-state index is 12.0. The summed E-state index contributed by atoms with van der Waals surface area (Å²) < 4.78 is 6.57. The maximum Gasteiger partial charge on any atom is 0.0864 e. The third-order valence-corrected chi connectivity index (χ3v) is 12.0. The van der Waals surface area contributed by atoms with Crippen LogP contribution in [0.25, 0.3) is 0 Å². The second-order valence-corrected chi connectivity index (χ2v) is 15.0. The van der Waals surface area contributed by atoms with Gasteiger partial charge in [-0.05, 0) is 120 Å². The average Bonchev–Trinajstić information content (AvgIpc) is 3.04. The molecule has 5 aliphatic rings. The molecule has 3 saturated heterocycles. The zero-order valence-corrected chi connectivity index (χ0v) is 24.8. The van der Waals surface area contributed by atoms with Gasteiger partial charge in [0, 0.05) is 29.9 Å². The Bertz CT molecular complexity index is 762. The van der Waals surface area contributed by atoms with E-state index >= 15 is 0 Å². The van der Waals surface area contributed by atoms with Crippen molar-refractivity contribution in [3.05, 3.63) is 0 Å². The van der Waals surface area contributed by atoms with Crippen LogP contribution < -0.4 is 5.32 Å². The molecule has 38 heavy (non-hydrogen) atoms. The number of hydrogen-bond acceptors (Lipinski definition) is 6. The summed E-state index contributed by atoms with van der Waals surface area (Å²) in [5, 5.41) is 35.6. The van der Waals surface area contributed by atoms with E-state index in [2.05, 4.69) is 24.1 Å². The van der Waals surface area contributed by atoms with Gasteiger partial charge < -0.3 is 25.4 Å². The maximum atomic E-state index is 12.0. The molecule has 0 aromatic rings. The van der Waals surface area contributed by atoms with E-state index in [0.29, 0.717) is 48.2 Å². The zero-order chi connectivity index (χ0) is 26.9. The van der Waals surface area contributed by atoms with Crippen LogP contribution in [0.2, 0.25) is 0 Å². The van der Waals surface area contributed by atoms with Crippen LogP contribution in [-0.2, 0) is 4.74 Å². The number of nitrogens with one attached hydrogen (secondary N) is 1. The Morgan fingerprint density at radius 2 is 1.84 bits per heavy atom. The van der Waals surface area contributed by atoms with Crippen LogP contribution in [0.3, 0.4) is 0 Å². The molecule has 0 spiro atoms. The van der Waals surface area contributed by atoms with Gasteiger partial charge in [-0.2, -0.15) is 0 Å². The number of aliphatic hydroxyl groups excluding tert-OH is 2. The van der Waals surface area contributed by atoms with Crippen molar-refractivity contribution in [2.24, 2.45) is 35.0 Å². The molecule has 5 rings (SSSR count). The molecular weight excluding hydrogens is 500 g/mol. The summed E-state index contributed by atoms with van der Waals surface area (Å²) in [5.41, 5.74) is -0.714. The first-order valence-electron chi connectivity index (χ1n) is 15.9. The van der Waals surface area contributed by atoms with Crippen LogP contribution >= 0.6 is 11.6 Å². The minimum Gasteiger partial charge on any atom is -0.394 e. The van der Waals surface area contributed by atoms with Crippen molar-refractivity contribution in [1.82, 2.24) is 10.2 Å². The van der Waals surface area contributed by atoms with Crippen molar-refractivity contribution < 1.29 is 20.1 Å². The lowest BCUT2D eigenvalue weighted by atomic mass is 9.65. The number of ether oxygens (including phenoxy) is 1. The minimum absolute atomic E-state index is 0.0966. The van der Waals surface area contributed by atoms with Gasteiger partial charge in [0.25, 0.3) is 0 Å². The predicted octanol–water partition coefficient (Wildman–Crippen LogP) is 4.18. The fourth-order valence-electron chi connectivity index (χ4n) is 9.47. The van der Waals surface area contributed by atoms with Crippen LogP contribution in [0.1, 0.15) is 90.9 Å².